The third-order valence-corrected chi connectivity index (χ3v) is 4.47. The van der Waals surface area contributed by atoms with Crippen molar-refractivity contribution >= 4 is 15.9 Å². The Bertz CT molecular complexity index is 699. The molecule has 0 bridgehead atoms. The van der Waals surface area contributed by atoms with Gasteiger partial charge in [-0.05, 0) is 29.8 Å². The van der Waals surface area contributed by atoms with Gasteiger partial charge in [0.1, 0.15) is 11.6 Å². The molecule has 2 aromatic rings. The Balaban J connectivity index is 2.01. The van der Waals surface area contributed by atoms with Crippen LogP contribution in [0.25, 0.3) is 0 Å². The summed E-state index contributed by atoms with van der Waals surface area (Å²) in [5.74, 6) is 0.597. The predicted octanol–water partition coefficient (Wildman–Crippen LogP) is 4.31. The SMILES string of the molecule is CC1(C)COc2ccc(C(N)c3ccc(Br)cc3F)cc21. The van der Waals surface area contributed by atoms with Crippen molar-refractivity contribution in [1.29, 1.82) is 0 Å². The fourth-order valence-corrected chi connectivity index (χ4v) is 3.00. The Morgan fingerprint density at radius 3 is 2.71 bits per heavy atom. The molecule has 0 fully saturated rings. The van der Waals surface area contributed by atoms with Gasteiger partial charge in [-0.3, -0.25) is 0 Å². The van der Waals surface area contributed by atoms with Crippen molar-refractivity contribution in [3.63, 3.8) is 0 Å². The van der Waals surface area contributed by atoms with Gasteiger partial charge in [0.05, 0.1) is 12.6 Å². The largest absolute Gasteiger partial charge is 0.492 e. The molecule has 1 aliphatic rings. The molecule has 3 rings (SSSR count). The molecule has 1 heterocycles. The molecule has 21 heavy (non-hydrogen) atoms. The first-order chi connectivity index (χ1) is 9.88. The summed E-state index contributed by atoms with van der Waals surface area (Å²) in [6.45, 7) is 4.93. The Kier molecular flexibility index (Phi) is 3.54. The van der Waals surface area contributed by atoms with Gasteiger partial charge in [0, 0.05) is 21.0 Å². The number of nitrogens with two attached hydrogens (primary N) is 1. The highest BCUT2D eigenvalue weighted by Crippen LogP contribution is 2.40. The number of hydrogen-bond acceptors (Lipinski definition) is 2. The van der Waals surface area contributed by atoms with Crippen LogP contribution in [0.15, 0.2) is 40.9 Å². The maximum atomic E-state index is 14.1. The lowest BCUT2D eigenvalue weighted by molar-refractivity contribution is 0.291. The van der Waals surface area contributed by atoms with E-state index in [9.17, 15) is 4.39 Å². The van der Waals surface area contributed by atoms with Crippen LogP contribution in [0.3, 0.4) is 0 Å². The summed E-state index contributed by atoms with van der Waals surface area (Å²) >= 11 is 3.26. The van der Waals surface area contributed by atoms with Gasteiger partial charge in [-0.25, -0.2) is 4.39 Å². The normalized spacial score (nSPS) is 17.2. The minimum Gasteiger partial charge on any atom is -0.492 e. The molecule has 0 saturated heterocycles. The highest BCUT2D eigenvalue weighted by atomic mass is 79.9. The van der Waals surface area contributed by atoms with Gasteiger partial charge in [-0.15, -0.1) is 0 Å². The van der Waals surface area contributed by atoms with Crippen LogP contribution < -0.4 is 10.5 Å². The molecule has 2 nitrogen and oxygen atoms in total. The van der Waals surface area contributed by atoms with Gasteiger partial charge in [0.25, 0.3) is 0 Å². The van der Waals surface area contributed by atoms with E-state index in [0.717, 1.165) is 16.9 Å². The fourth-order valence-electron chi connectivity index (χ4n) is 2.67. The highest BCUT2D eigenvalue weighted by Gasteiger charge is 2.32. The average molecular weight is 350 g/mol. The smallest absolute Gasteiger partial charge is 0.129 e. The van der Waals surface area contributed by atoms with Gasteiger partial charge in [0.15, 0.2) is 0 Å². The zero-order valence-electron chi connectivity index (χ0n) is 12.0. The van der Waals surface area contributed by atoms with Crippen molar-refractivity contribution in [3.05, 3.63) is 63.4 Å². The predicted molar refractivity (Wildman–Crippen MR) is 85.1 cm³/mol. The van der Waals surface area contributed by atoms with Gasteiger partial charge < -0.3 is 10.5 Å². The first-order valence-electron chi connectivity index (χ1n) is 6.86. The van der Waals surface area contributed by atoms with Crippen molar-refractivity contribution in [1.82, 2.24) is 0 Å². The van der Waals surface area contributed by atoms with Crippen LogP contribution in [0.4, 0.5) is 4.39 Å². The van der Waals surface area contributed by atoms with Gasteiger partial charge in [-0.1, -0.05) is 41.9 Å². The molecule has 0 saturated carbocycles. The molecule has 1 atom stereocenters. The van der Waals surface area contributed by atoms with E-state index in [1.54, 1.807) is 12.1 Å². The molecule has 110 valence electrons. The fraction of sp³-hybridized carbons (Fsp3) is 0.294. The van der Waals surface area contributed by atoms with Crippen molar-refractivity contribution in [2.75, 3.05) is 6.61 Å². The van der Waals surface area contributed by atoms with E-state index in [0.29, 0.717) is 16.6 Å². The zero-order chi connectivity index (χ0) is 15.2. The van der Waals surface area contributed by atoms with Crippen LogP contribution >= 0.6 is 15.9 Å². The maximum Gasteiger partial charge on any atom is 0.129 e. The molecule has 2 N–H and O–H groups in total. The first kappa shape index (κ1) is 14.5. The number of hydrogen-bond donors (Lipinski definition) is 1. The molecule has 0 amide bonds. The van der Waals surface area contributed by atoms with E-state index in [2.05, 4.69) is 29.8 Å². The second-order valence-electron chi connectivity index (χ2n) is 6.07. The number of benzene rings is 2. The Morgan fingerprint density at radius 1 is 1.24 bits per heavy atom. The van der Waals surface area contributed by atoms with Crippen molar-refractivity contribution in [2.24, 2.45) is 5.73 Å². The molecule has 1 unspecified atom stereocenters. The van der Waals surface area contributed by atoms with Crippen molar-refractivity contribution in [3.8, 4) is 5.75 Å². The van der Waals surface area contributed by atoms with E-state index in [-0.39, 0.29) is 11.2 Å². The Hall–Kier alpha value is -1.39. The van der Waals surface area contributed by atoms with Crippen LogP contribution in [-0.2, 0) is 5.41 Å². The molecular weight excluding hydrogens is 333 g/mol. The molecule has 1 aliphatic heterocycles. The third kappa shape index (κ3) is 2.58. The summed E-state index contributed by atoms with van der Waals surface area (Å²) in [7, 11) is 0. The quantitative estimate of drug-likeness (QED) is 0.876. The molecule has 0 spiro atoms. The van der Waals surface area contributed by atoms with Crippen LogP contribution in [0, 0.1) is 5.82 Å². The summed E-state index contributed by atoms with van der Waals surface area (Å²) in [6.07, 6.45) is 0. The minimum absolute atomic E-state index is 0.0384. The second kappa shape index (κ2) is 5.11. The van der Waals surface area contributed by atoms with Crippen LogP contribution in [0.5, 0.6) is 5.75 Å². The lowest BCUT2D eigenvalue weighted by atomic mass is 9.85. The van der Waals surface area contributed by atoms with Crippen molar-refractivity contribution in [2.45, 2.75) is 25.3 Å². The summed E-state index contributed by atoms with van der Waals surface area (Å²) in [6, 6.07) is 10.4. The number of fused-ring (bicyclic) bond motifs is 1. The van der Waals surface area contributed by atoms with Crippen LogP contribution in [0.1, 0.15) is 36.6 Å². The Labute approximate surface area is 132 Å². The van der Waals surface area contributed by atoms with E-state index in [4.69, 9.17) is 10.5 Å². The van der Waals surface area contributed by atoms with Crippen LogP contribution in [0.2, 0.25) is 0 Å². The summed E-state index contributed by atoms with van der Waals surface area (Å²) in [4.78, 5) is 0. The molecule has 2 aromatic carbocycles. The van der Waals surface area contributed by atoms with Crippen LogP contribution in [-0.4, -0.2) is 6.61 Å². The zero-order valence-corrected chi connectivity index (χ0v) is 13.6. The summed E-state index contributed by atoms with van der Waals surface area (Å²) in [5.41, 5.74) is 8.74. The molecule has 0 aromatic heterocycles. The standard InChI is InChI=1S/C17H17BrFNO/c1-17(2)9-21-15-6-3-10(7-13(15)17)16(20)12-5-4-11(18)8-14(12)19/h3-8,16H,9,20H2,1-2H3. The monoisotopic (exact) mass is 349 g/mol. The topological polar surface area (TPSA) is 35.2 Å². The molecule has 0 aliphatic carbocycles. The van der Waals surface area contributed by atoms with Gasteiger partial charge >= 0.3 is 0 Å². The third-order valence-electron chi connectivity index (χ3n) is 3.98. The maximum absolute atomic E-state index is 14.1. The average Bonchev–Trinajstić information content (AvgIpc) is 2.74. The summed E-state index contributed by atoms with van der Waals surface area (Å²) < 4.78 is 20.5. The van der Waals surface area contributed by atoms with Crippen molar-refractivity contribution < 1.29 is 9.13 Å². The minimum atomic E-state index is -0.486. The number of rotatable bonds is 2. The first-order valence-corrected chi connectivity index (χ1v) is 7.65. The highest BCUT2D eigenvalue weighted by molar-refractivity contribution is 9.10. The van der Waals surface area contributed by atoms with Gasteiger partial charge in [-0.2, -0.15) is 0 Å². The number of halogens is 2. The Morgan fingerprint density at radius 2 is 2.00 bits per heavy atom. The lowest BCUT2D eigenvalue weighted by Crippen LogP contribution is -2.19. The van der Waals surface area contributed by atoms with E-state index >= 15 is 0 Å². The molecule has 4 heteroatoms. The number of ether oxygens (including phenoxy) is 1. The second-order valence-corrected chi connectivity index (χ2v) is 6.99. The van der Waals surface area contributed by atoms with E-state index in [1.807, 2.05) is 18.2 Å². The van der Waals surface area contributed by atoms with E-state index in [1.165, 1.54) is 6.07 Å². The summed E-state index contributed by atoms with van der Waals surface area (Å²) in [5, 5.41) is 0. The van der Waals surface area contributed by atoms with Gasteiger partial charge in [0.2, 0.25) is 0 Å². The lowest BCUT2D eigenvalue weighted by Gasteiger charge is -2.18. The van der Waals surface area contributed by atoms with E-state index < -0.39 is 6.04 Å². The molecule has 0 radical (unpaired) electrons. The molecular formula is C17H17BrFNO.